The molecule has 6 heteroatoms. The molecule has 24 heavy (non-hydrogen) atoms. The number of hydrogen-bond acceptors (Lipinski definition) is 5. The van der Waals surface area contributed by atoms with Gasteiger partial charge in [-0.25, -0.2) is 0 Å². The number of ether oxygens (including phenoxy) is 1. The van der Waals surface area contributed by atoms with Crippen molar-refractivity contribution in [2.24, 2.45) is 0 Å². The first kappa shape index (κ1) is 16.5. The van der Waals surface area contributed by atoms with Gasteiger partial charge < -0.3 is 14.2 Å². The van der Waals surface area contributed by atoms with Crippen molar-refractivity contribution in [1.82, 2.24) is 15.0 Å². The van der Waals surface area contributed by atoms with Crippen molar-refractivity contribution in [3.05, 3.63) is 40.5 Å². The van der Waals surface area contributed by atoms with Gasteiger partial charge in [0.05, 0.1) is 5.92 Å². The van der Waals surface area contributed by atoms with Crippen LogP contribution in [0.2, 0.25) is 0 Å². The van der Waals surface area contributed by atoms with Crippen LogP contribution in [0.1, 0.15) is 40.7 Å². The first-order valence-electron chi connectivity index (χ1n) is 8.22. The fourth-order valence-electron chi connectivity index (χ4n) is 3.29. The van der Waals surface area contributed by atoms with Crippen molar-refractivity contribution in [3.8, 4) is 5.75 Å². The molecule has 1 fully saturated rings. The number of aryl methyl sites for hydroxylation is 4. The molecule has 128 valence electrons. The van der Waals surface area contributed by atoms with Gasteiger partial charge in [-0.3, -0.25) is 4.79 Å². The molecule has 1 saturated heterocycles. The maximum atomic E-state index is 12.4. The van der Waals surface area contributed by atoms with Gasteiger partial charge in [0.15, 0.2) is 12.4 Å². The smallest absolute Gasteiger partial charge is 0.260 e. The third-order valence-electron chi connectivity index (χ3n) is 4.38. The lowest BCUT2D eigenvalue weighted by atomic mass is 10.1. The number of hydrogen-bond donors (Lipinski definition) is 0. The van der Waals surface area contributed by atoms with Gasteiger partial charge in [0, 0.05) is 13.1 Å². The Hall–Kier alpha value is -2.37. The molecule has 1 aromatic carbocycles. The monoisotopic (exact) mass is 329 g/mol. The van der Waals surface area contributed by atoms with Crippen LogP contribution in [0.15, 0.2) is 16.7 Å². The Labute approximate surface area is 141 Å². The number of rotatable bonds is 4. The maximum Gasteiger partial charge on any atom is 0.260 e. The summed E-state index contributed by atoms with van der Waals surface area (Å²) >= 11 is 0. The van der Waals surface area contributed by atoms with Crippen LogP contribution in [0.5, 0.6) is 5.75 Å². The molecule has 0 N–H and O–H groups in total. The van der Waals surface area contributed by atoms with Crippen molar-refractivity contribution >= 4 is 5.91 Å². The van der Waals surface area contributed by atoms with Crippen LogP contribution in [0.3, 0.4) is 0 Å². The Bertz CT molecular complexity index is 731. The number of nitrogens with zero attached hydrogens (tertiary/aromatic N) is 3. The molecule has 3 rings (SSSR count). The Balaban J connectivity index is 1.58. The minimum absolute atomic E-state index is 0.00638. The lowest BCUT2D eigenvalue weighted by Gasteiger charge is -2.18. The standard InChI is InChI=1S/C18H23N3O3/c1-11-7-12(2)17(13(3)8-11)23-10-16(22)21-6-5-15(9-21)18-19-14(4)20-24-18/h7-8,15H,5-6,9-10H2,1-4H3/t15-/m1/s1. The fourth-order valence-corrected chi connectivity index (χ4v) is 3.29. The van der Waals surface area contributed by atoms with Gasteiger partial charge >= 0.3 is 0 Å². The largest absolute Gasteiger partial charge is 0.483 e. The van der Waals surface area contributed by atoms with Crippen LogP contribution in [0, 0.1) is 27.7 Å². The summed E-state index contributed by atoms with van der Waals surface area (Å²) in [5.74, 6) is 2.17. The van der Waals surface area contributed by atoms with Crippen LogP contribution in [0.25, 0.3) is 0 Å². The summed E-state index contributed by atoms with van der Waals surface area (Å²) in [5.41, 5.74) is 3.31. The third-order valence-corrected chi connectivity index (χ3v) is 4.38. The summed E-state index contributed by atoms with van der Waals surface area (Å²) in [4.78, 5) is 18.5. The minimum Gasteiger partial charge on any atom is -0.483 e. The second kappa shape index (κ2) is 6.63. The molecule has 0 radical (unpaired) electrons. The molecule has 0 saturated carbocycles. The average molecular weight is 329 g/mol. The number of carbonyl (C=O) groups is 1. The van der Waals surface area contributed by atoms with Gasteiger partial charge in [0.25, 0.3) is 5.91 Å². The van der Waals surface area contributed by atoms with E-state index in [2.05, 4.69) is 29.2 Å². The lowest BCUT2D eigenvalue weighted by molar-refractivity contribution is -0.132. The van der Waals surface area contributed by atoms with E-state index >= 15 is 0 Å². The third kappa shape index (κ3) is 3.42. The van der Waals surface area contributed by atoms with E-state index in [1.54, 1.807) is 6.92 Å². The molecule has 1 aliphatic rings. The molecule has 0 aliphatic carbocycles. The van der Waals surface area contributed by atoms with Crippen LogP contribution in [-0.4, -0.2) is 40.6 Å². The topological polar surface area (TPSA) is 68.5 Å². The van der Waals surface area contributed by atoms with Gasteiger partial charge in [-0.2, -0.15) is 4.98 Å². The number of carbonyl (C=O) groups excluding carboxylic acids is 1. The molecule has 2 heterocycles. The number of amides is 1. The molecule has 0 unspecified atom stereocenters. The second-order valence-corrected chi connectivity index (χ2v) is 6.52. The van der Waals surface area contributed by atoms with E-state index in [9.17, 15) is 4.79 Å². The zero-order valence-electron chi connectivity index (χ0n) is 14.6. The maximum absolute atomic E-state index is 12.4. The normalized spacial score (nSPS) is 17.3. The van der Waals surface area contributed by atoms with Gasteiger partial charge in [0.1, 0.15) is 5.75 Å². The first-order valence-corrected chi connectivity index (χ1v) is 8.22. The van der Waals surface area contributed by atoms with Crippen LogP contribution in [0.4, 0.5) is 0 Å². The number of benzene rings is 1. The minimum atomic E-state index is -0.00638. The van der Waals surface area contributed by atoms with Crippen LogP contribution < -0.4 is 4.74 Å². The summed E-state index contributed by atoms with van der Waals surface area (Å²) < 4.78 is 11.0. The highest BCUT2D eigenvalue weighted by Gasteiger charge is 2.31. The van der Waals surface area contributed by atoms with Crippen molar-refractivity contribution < 1.29 is 14.1 Å². The summed E-state index contributed by atoms with van der Waals surface area (Å²) in [6, 6.07) is 4.13. The molecular weight excluding hydrogens is 306 g/mol. The van der Waals surface area contributed by atoms with Crippen LogP contribution >= 0.6 is 0 Å². The SMILES string of the molecule is Cc1cc(C)c(OCC(=O)N2CC[C@@H](c3nc(C)no3)C2)c(C)c1. The van der Waals surface area contributed by atoms with Crippen LogP contribution in [-0.2, 0) is 4.79 Å². The van der Waals surface area contributed by atoms with E-state index in [1.165, 1.54) is 5.56 Å². The summed E-state index contributed by atoms with van der Waals surface area (Å²) in [5, 5.41) is 3.82. The van der Waals surface area contributed by atoms with E-state index in [-0.39, 0.29) is 18.4 Å². The second-order valence-electron chi connectivity index (χ2n) is 6.52. The molecule has 0 spiro atoms. The van der Waals surface area contributed by atoms with Crippen molar-refractivity contribution in [2.75, 3.05) is 19.7 Å². The summed E-state index contributed by atoms with van der Waals surface area (Å²) in [6.45, 7) is 9.22. The fraction of sp³-hybridized carbons (Fsp3) is 0.500. The van der Waals surface area contributed by atoms with Crippen molar-refractivity contribution in [3.63, 3.8) is 0 Å². The Morgan fingerprint density at radius 2 is 2.00 bits per heavy atom. The molecule has 6 nitrogen and oxygen atoms in total. The van der Waals surface area contributed by atoms with Crippen molar-refractivity contribution in [2.45, 2.75) is 40.0 Å². The average Bonchev–Trinajstić information content (AvgIpc) is 3.14. The number of likely N-dealkylation sites (tertiary alicyclic amines) is 1. The summed E-state index contributed by atoms with van der Waals surface area (Å²) in [6.07, 6.45) is 0.843. The van der Waals surface area contributed by atoms with Gasteiger partial charge in [-0.15, -0.1) is 0 Å². The first-order chi connectivity index (χ1) is 11.4. The molecule has 0 bridgehead atoms. The van der Waals surface area contributed by atoms with Gasteiger partial charge in [-0.1, -0.05) is 22.9 Å². The highest BCUT2D eigenvalue weighted by molar-refractivity contribution is 5.78. The molecule has 1 amide bonds. The highest BCUT2D eigenvalue weighted by Crippen LogP contribution is 2.27. The predicted molar refractivity (Wildman–Crippen MR) is 89.1 cm³/mol. The zero-order valence-corrected chi connectivity index (χ0v) is 14.6. The van der Waals surface area contributed by atoms with E-state index in [1.807, 2.05) is 18.7 Å². The van der Waals surface area contributed by atoms with E-state index in [0.29, 0.717) is 24.8 Å². The van der Waals surface area contributed by atoms with Crippen molar-refractivity contribution in [1.29, 1.82) is 0 Å². The quantitative estimate of drug-likeness (QED) is 0.862. The van der Waals surface area contributed by atoms with Gasteiger partial charge in [0.2, 0.25) is 5.89 Å². The Kier molecular flexibility index (Phi) is 4.55. The lowest BCUT2D eigenvalue weighted by Crippen LogP contribution is -2.33. The molecule has 1 aliphatic heterocycles. The van der Waals surface area contributed by atoms with E-state index in [4.69, 9.17) is 9.26 Å². The van der Waals surface area contributed by atoms with Gasteiger partial charge in [-0.05, 0) is 45.2 Å². The van der Waals surface area contributed by atoms with E-state index < -0.39 is 0 Å². The van der Waals surface area contributed by atoms with E-state index in [0.717, 1.165) is 23.3 Å². The zero-order chi connectivity index (χ0) is 17.3. The predicted octanol–water partition coefficient (Wildman–Crippen LogP) is 2.70. The molecule has 2 aromatic rings. The molecular formula is C18H23N3O3. The Morgan fingerprint density at radius 1 is 1.29 bits per heavy atom. The Morgan fingerprint density at radius 3 is 2.62 bits per heavy atom. The molecule has 1 atom stereocenters. The highest BCUT2D eigenvalue weighted by atomic mass is 16.5. The summed E-state index contributed by atoms with van der Waals surface area (Å²) in [7, 11) is 0. The molecule has 1 aromatic heterocycles. The number of aromatic nitrogens is 2.